The molecule has 0 spiro atoms. The minimum Gasteiger partial charge on any atom is -0.508 e. The lowest BCUT2D eigenvalue weighted by Crippen LogP contribution is -2.28. The molecule has 2 N–H and O–H groups in total. The third kappa shape index (κ3) is 6.17. The molecular formula is C17H27NO3. The first kappa shape index (κ1) is 17.5. The second kappa shape index (κ2) is 9.40. The standard InChI is InChI=1S/C17H27NO3/c1-3-5-10-18(11-6-4-2)12-9-14-13-15(19)7-8-16(14)17(20)21/h7-8,13,19H,3-6,9-12H2,1-2H3,(H,20,21). The van der Waals surface area contributed by atoms with Gasteiger partial charge in [0.25, 0.3) is 0 Å². The van der Waals surface area contributed by atoms with Gasteiger partial charge in [0.2, 0.25) is 0 Å². The summed E-state index contributed by atoms with van der Waals surface area (Å²) in [7, 11) is 0. The molecule has 0 aromatic heterocycles. The minimum absolute atomic E-state index is 0.128. The summed E-state index contributed by atoms with van der Waals surface area (Å²) in [6.07, 6.45) is 5.30. The van der Waals surface area contributed by atoms with Crippen molar-refractivity contribution in [2.75, 3.05) is 19.6 Å². The molecule has 0 heterocycles. The molecule has 0 saturated carbocycles. The van der Waals surface area contributed by atoms with Crippen molar-refractivity contribution in [2.24, 2.45) is 0 Å². The Hall–Kier alpha value is -1.55. The number of aromatic hydroxyl groups is 1. The number of nitrogens with zero attached hydrogens (tertiary/aromatic N) is 1. The molecule has 0 radical (unpaired) electrons. The molecule has 1 aromatic carbocycles. The molecule has 4 heteroatoms. The molecule has 1 rings (SSSR count). The van der Waals surface area contributed by atoms with Crippen LogP contribution < -0.4 is 0 Å². The van der Waals surface area contributed by atoms with Crippen molar-refractivity contribution in [2.45, 2.75) is 46.0 Å². The molecule has 0 aliphatic carbocycles. The zero-order valence-corrected chi connectivity index (χ0v) is 13.1. The molecular weight excluding hydrogens is 266 g/mol. The van der Waals surface area contributed by atoms with Crippen molar-refractivity contribution < 1.29 is 15.0 Å². The number of rotatable bonds is 10. The van der Waals surface area contributed by atoms with Crippen LogP contribution in [0.3, 0.4) is 0 Å². The van der Waals surface area contributed by atoms with Crippen molar-refractivity contribution >= 4 is 5.97 Å². The molecule has 21 heavy (non-hydrogen) atoms. The first-order valence-electron chi connectivity index (χ1n) is 7.86. The van der Waals surface area contributed by atoms with Gasteiger partial charge in [0.15, 0.2) is 0 Å². The second-order valence-electron chi connectivity index (χ2n) is 5.45. The van der Waals surface area contributed by atoms with Crippen LogP contribution in [-0.2, 0) is 6.42 Å². The van der Waals surface area contributed by atoms with Crippen LogP contribution in [0.25, 0.3) is 0 Å². The normalized spacial score (nSPS) is 11.0. The third-order valence-corrected chi connectivity index (χ3v) is 3.67. The summed E-state index contributed by atoms with van der Waals surface area (Å²) in [6.45, 7) is 7.30. The lowest BCUT2D eigenvalue weighted by molar-refractivity contribution is 0.0695. The molecule has 0 fully saturated rings. The molecule has 4 nitrogen and oxygen atoms in total. The van der Waals surface area contributed by atoms with E-state index in [1.807, 2.05) is 0 Å². The molecule has 118 valence electrons. The van der Waals surface area contributed by atoms with Gasteiger partial charge in [-0.3, -0.25) is 0 Å². The number of phenolic OH excluding ortho intramolecular Hbond substituents is 1. The van der Waals surface area contributed by atoms with Crippen LogP contribution in [-0.4, -0.2) is 40.7 Å². The van der Waals surface area contributed by atoms with E-state index in [0.717, 1.165) is 45.3 Å². The number of carbonyl (C=O) groups is 1. The second-order valence-corrected chi connectivity index (χ2v) is 5.45. The summed E-state index contributed by atoms with van der Waals surface area (Å²) in [6, 6.07) is 4.48. The van der Waals surface area contributed by atoms with E-state index in [1.54, 1.807) is 6.07 Å². The van der Waals surface area contributed by atoms with E-state index in [4.69, 9.17) is 0 Å². The van der Waals surface area contributed by atoms with Crippen molar-refractivity contribution in [1.82, 2.24) is 4.90 Å². The highest BCUT2D eigenvalue weighted by atomic mass is 16.4. The Balaban J connectivity index is 2.69. The molecule has 0 aliphatic heterocycles. The van der Waals surface area contributed by atoms with Gasteiger partial charge in [-0.1, -0.05) is 26.7 Å². The SMILES string of the molecule is CCCCN(CCCC)CCc1cc(O)ccc1C(=O)O. The van der Waals surface area contributed by atoms with Gasteiger partial charge in [-0.15, -0.1) is 0 Å². The lowest BCUT2D eigenvalue weighted by atomic mass is 10.0. The number of aromatic carboxylic acids is 1. The molecule has 0 saturated heterocycles. The molecule has 0 bridgehead atoms. The van der Waals surface area contributed by atoms with Gasteiger partial charge >= 0.3 is 5.97 Å². The first-order valence-corrected chi connectivity index (χ1v) is 7.86. The van der Waals surface area contributed by atoms with Crippen LogP contribution in [0.15, 0.2) is 18.2 Å². The minimum atomic E-state index is -0.932. The summed E-state index contributed by atoms with van der Waals surface area (Å²) < 4.78 is 0. The van der Waals surface area contributed by atoms with Gasteiger partial charge in [-0.2, -0.15) is 0 Å². The Labute approximate surface area is 127 Å². The largest absolute Gasteiger partial charge is 0.508 e. The summed E-state index contributed by atoms with van der Waals surface area (Å²) in [5, 5.41) is 18.8. The Kier molecular flexibility index (Phi) is 7.83. The van der Waals surface area contributed by atoms with Crippen LogP contribution in [0.1, 0.15) is 55.5 Å². The summed E-state index contributed by atoms with van der Waals surface area (Å²) in [5.41, 5.74) is 0.999. The van der Waals surface area contributed by atoms with Gasteiger partial charge < -0.3 is 15.1 Å². The third-order valence-electron chi connectivity index (χ3n) is 3.67. The van der Waals surface area contributed by atoms with Crippen molar-refractivity contribution in [3.63, 3.8) is 0 Å². The number of unbranched alkanes of at least 4 members (excludes halogenated alkanes) is 2. The Morgan fingerprint density at radius 1 is 1.10 bits per heavy atom. The smallest absolute Gasteiger partial charge is 0.335 e. The maximum atomic E-state index is 11.2. The van der Waals surface area contributed by atoms with E-state index in [2.05, 4.69) is 18.7 Å². The van der Waals surface area contributed by atoms with E-state index < -0.39 is 5.97 Å². The molecule has 0 aliphatic rings. The topological polar surface area (TPSA) is 60.8 Å². The maximum Gasteiger partial charge on any atom is 0.335 e. The van der Waals surface area contributed by atoms with E-state index in [1.165, 1.54) is 12.1 Å². The lowest BCUT2D eigenvalue weighted by Gasteiger charge is -2.22. The maximum absolute atomic E-state index is 11.2. The summed E-state index contributed by atoms with van der Waals surface area (Å²) in [5.74, 6) is -0.803. The van der Waals surface area contributed by atoms with E-state index in [9.17, 15) is 15.0 Å². The monoisotopic (exact) mass is 293 g/mol. The fraction of sp³-hybridized carbons (Fsp3) is 0.588. The summed E-state index contributed by atoms with van der Waals surface area (Å²) >= 11 is 0. The van der Waals surface area contributed by atoms with Crippen LogP contribution in [0.2, 0.25) is 0 Å². The number of hydrogen-bond acceptors (Lipinski definition) is 3. The highest BCUT2D eigenvalue weighted by Crippen LogP contribution is 2.18. The molecule has 1 aromatic rings. The van der Waals surface area contributed by atoms with Gasteiger partial charge in [0.05, 0.1) is 5.56 Å². The van der Waals surface area contributed by atoms with E-state index in [-0.39, 0.29) is 5.75 Å². The fourth-order valence-corrected chi connectivity index (χ4v) is 2.37. The highest BCUT2D eigenvalue weighted by Gasteiger charge is 2.12. The predicted molar refractivity (Wildman–Crippen MR) is 85.0 cm³/mol. The molecule has 0 unspecified atom stereocenters. The zero-order valence-electron chi connectivity index (χ0n) is 13.1. The van der Waals surface area contributed by atoms with E-state index in [0.29, 0.717) is 17.5 Å². The van der Waals surface area contributed by atoms with Crippen molar-refractivity contribution in [3.8, 4) is 5.75 Å². The van der Waals surface area contributed by atoms with E-state index >= 15 is 0 Å². The zero-order chi connectivity index (χ0) is 15.7. The van der Waals surface area contributed by atoms with Crippen LogP contribution in [0.5, 0.6) is 5.75 Å². The number of hydrogen-bond donors (Lipinski definition) is 2. The highest BCUT2D eigenvalue weighted by molar-refractivity contribution is 5.89. The Bertz CT molecular complexity index is 438. The van der Waals surface area contributed by atoms with Gasteiger partial charge in [0, 0.05) is 6.54 Å². The Morgan fingerprint density at radius 2 is 1.71 bits per heavy atom. The van der Waals surface area contributed by atoms with Crippen molar-refractivity contribution in [3.05, 3.63) is 29.3 Å². The van der Waals surface area contributed by atoms with Gasteiger partial charge in [0.1, 0.15) is 5.75 Å². The fourth-order valence-electron chi connectivity index (χ4n) is 2.37. The van der Waals surface area contributed by atoms with Crippen LogP contribution in [0.4, 0.5) is 0 Å². The number of phenols is 1. The molecule has 0 atom stereocenters. The van der Waals surface area contributed by atoms with Gasteiger partial charge in [-0.05, 0) is 56.1 Å². The van der Waals surface area contributed by atoms with Crippen molar-refractivity contribution in [1.29, 1.82) is 0 Å². The average Bonchev–Trinajstić information content (AvgIpc) is 2.46. The van der Waals surface area contributed by atoms with Crippen LogP contribution in [0, 0.1) is 0 Å². The molecule has 0 amide bonds. The predicted octanol–water partition coefficient (Wildman–Crippen LogP) is 3.54. The van der Waals surface area contributed by atoms with Gasteiger partial charge in [-0.25, -0.2) is 4.79 Å². The average molecular weight is 293 g/mol. The Morgan fingerprint density at radius 3 is 2.24 bits per heavy atom. The number of carboxylic acid groups (broad SMARTS) is 1. The first-order chi connectivity index (χ1) is 10.1. The van der Waals surface area contributed by atoms with Crippen LogP contribution >= 0.6 is 0 Å². The quantitative estimate of drug-likeness (QED) is 0.692. The summed E-state index contributed by atoms with van der Waals surface area (Å²) in [4.78, 5) is 13.6. The number of carboxylic acids is 1. The number of benzene rings is 1.